The van der Waals surface area contributed by atoms with Crippen molar-refractivity contribution in [3.63, 3.8) is 0 Å². The number of rotatable bonds is 8. The van der Waals surface area contributed by atoms with Crippen LogP contribution in [0.2, 0.25) is 0 Å². The van der Waals surface area contributed by atoms with E-state index in [2.05, 4.69) is 20.6 Å². The molecule has 34 heavy (non-hydrogen) atoms. The number of amides is 2. The SMILES string of the molecule is COc1ccccc1OCC(=O)Nc1cccc(NC(=O)c2cnc(-c3ccccc3)nc2)c1. The van der Waals surface area contributed by atoms with Crippen molar-refractivity contribution in [2.45, 2.75) is 0 Å². The fraction of sp³-hybridized carbons (Fsp3) is 0.0769. The van der Waals surface area contributed by atoms with Crippen LogP contribution < -0.4 is 20.1 Å². The van der Waals surface area contributed by atoms with Gasteiger partial charge in [-0.05, 0) is 30.3 Å². The van der Waals surface area contributed by atoms with Crippen molar-refractivity contribution >= 4 is 23.2 Å². The number of methoxy groups -OCH3 is 1. The van der Waals surface area contributed by atoms with E-state index >= 15 is 0 Å². The highest BCUT2D eigenvalue weighted by Gasteiger charge is 2.11. The summed E-state index contributed by atoms with van der Waals surface area (Å²) in [5, 5.41) is 5.53. The molecule has 3 aromatic carbocycles. The van der Waals surface area contributed by atoms with Gasteiger partial charge < -0.3 is 20.1 Å². The third-order valence-corrected chi connectivity index (χ3v) is 4.78. The van der Waals surface area contributed by atoms with Gasteiger partial charge in [0.15, 0.2) is 23.9 Å². The third kappa shape index (κ3) is 5.74. The van der Waals surface area contributed by atoms with Gasteiger partial charge in [-0.15, -0.1) is 0 Å². The molecule has 0 radical (unpaired) electrons. The highest BCUT2D eigenvalue weighted by Crippen LogP contribution is 2.25. The van der Waals surface area contributed by atoms with E-state index in [0.29, 0.717) is 34.3 Å². The number of ether oxygens (including phenoxy) is 2. The van der Waals surface area contributed by atoms with Gasteiger partial charge >= 0.3 is 0 Å². The minimum atomic E-state index is -0.359. The molecule has 4 rings (SSSR count). The van der Waals surface area contributed by atoms with Gasteiger partial charge in [-0.2, -0.15) is 0 Å². The lowest BCUT2D eigenvalue weighted by Gasteiger charge is -2.11. The molecule has 0 aliphatic rings. The van der Waals surface area contributed by atoms with Crippen LogP contribution in [0.5, 0.6) is 11.5 Å². The zero-order valence-electron chi connectivity index (χ0n) is 18.4. The van der Waals surface area contributed by atoms with E-state index in [1.807, 2.05) is 36.4 Å². The number of aromatic nitrogens is 2. The van der Waals surface area contributed by atoms with E-state index < -0.39 is 0 Å². The quantitative estimate of drug-likeness (QED) is 0.409. The van der Waals surface area contributed by atoms with Crippen LogP contribution in [0.25, 0.3) is 11.4 Å². The molecule has 8 nitrogen and oxygen atoms in total. The number of carbonyl (C=O) groups is 2. The summed E-state index contributed by atoms with van der Waals surface area (Å²) in [6.45, 7) is -0.192. The zero-order chi connectivity index (χ0) is 23.8. The lowest BCUT2D eigenvalue weighted by Crippen LogP contribution is -2.20. The minimum Gasteiger partial charge on any atom is -0.493 e. The minimum absolute atomic E-state index is 0.192. The predicted molar refractivity (Wildman–Crippen MR) is 129 cm³/mol. The van der Waals surface area contributed by atoms with E-state index in [0.717, 1.165) is 5.56 Å². The Bertz CT molecular complexity index is 1280. The van der Waals surface area contributed by atoms with Gasteiger partial charge in [0.1, 0.15) is 0 Å². The van der Waals surface area contributed by atoms with Gasteiger partial charge in [0.2, 0.25) is 0 Å². The molecular formula is C26H22N4O4. The maximum Gasteiger partial charge on any atom is 0.262 e. The topological polar surface area (TPSA) is 102 Å². The molecule has 1 aromatic heterocycles. The lowest BCUT2D eigenvalue weighted by atomic mass is 10.2. The van der Waals surface area contributed by atoms with Crippen LogP contribution in [0, 0.1) is 0 Å². The van der Waals surface area contributed by atoms with Crippen LogP contribution in [0.1, 0.15) is 10.4 Å². The normalized spacial score (nSPS) is 10.3. The van der Waals surface area contributed by atoms with Gasteiger partial charge in [-0.1, -0.05) is 48.5 Å². The fourth-order valence-electron chi connectivity index (χ4n) is 3.14. The zero-order valence-corrected chi connectivity index (χ0v) is 18.4. The summed E-state index contributed by atoms with van der Waals surface area (Å²) in [5.74, 6) is 0.849. The Morgan fingerprint density at radius 3 is 2.15 bits per heavy atom. The smallest absolute Gasteiger partial charge is 0.262 e. The molecule has 2 N–H and O–H groups in total. The molecule has 1 heterocycles. The van der Waals surface area contributed by atoms with Crippen LogP contribution in [-0.2, 0) is 4.79 Å². The largest absolute Gasteiger partial charge is 0.493 e. The standard InChI is InChI=1S/C26H22N4O4/c1-33-22-12-5-6-13-23(22)34-17-24(31)29-20-10-7-11-21(14-20)30-26(32)19-15-27-25(28-16-19)18-8-3-2-4-9-18/h2-16H,17H2,1H3,(H,29,31)(H,30,32). The number of anilines is 2. The second-order valence-electron chi connectivity index (χ2n) is 7.18. The number of carbonyl (C=O) groups excluding carboxylic acids is 2. The molecular weight excluding hydrogens is 432 g/mol. The van der Waals surface area contributed by atoms with Crippen LogP contribution >= 0.6 is 0 Å². The number of benzene rings is 3. The van der Waals surface area contributed by atoms with Gasteiger partial charge in [-0.3, -0.25) is 9.59 Å². The summed E-state index contributed by atoms with van der Waals surface area (Å²) in [6, 6.07) is 23.4. The average Bonchev–Trinajstić information content (AvgIpc) is 2.88. The Morgan fingerprint density at radius 1 is 0.794 bits per heavy atom. The first-order valence-corrected chi connectivity index (χ1v) is 10.5. The molecule has 4 aromatic rings. The first-order chi connectivity index (χ1) is 16.6. The monoisotopic (exact) mass is 454 g/mol. The third-order valence-electron chi connectivity index (χ3n) is 4.78. The molecule has 0 unspecified atom stereocenters. The summed E-state index contributed by atoms with van der Waals surface area (Å²) in [6.07, 6.45) is 2.96. The maximum absolute atomic E-state index is 12.6. The Balaban J connectivity index is 1.35. The molecule has 0 aliphatic carbocycles. The molecule has 2 amide bonds. The molecule has 170 valence electrons. The molecule has 0 saturated carbocycles. The number of hydrogen-bond acceptors (Lipinski definition) is 6. The predicted octanol–water partition coefficient (Wildman–Crippen LogP) is 4.42. The summed E-state index contributed by atoms with van der Waals surface area (Å²) in [4.78, 5) is 33.5. The number of nitrogens with zero attached hydrogens (tertiary/aromatic N) is 2. The van der Waals surface area contributed by atoms with Crippen LogP contribution in [0.4, 0.5) is 11.4 Å². The van der Waals surface area contributed by atoms with E-state index in [4.69, 9.17) is 9.47 Å². The van der Waals surface area contributed by atoms with Crippen LogP contribution in [0.15, 0.2) is 91.3 Å². The van der Waals surface area contributed by atoms with Gasteiger partial charge in [0.25, 0.3) is 11.8 Å². The lowest BCUT2D eigenvalue weighted by molar-refractivity contribution is -0.118. The van der Waals surface area contributed by atoms with E-state index in [1.54, 1.807) is 42.5 Å². The number of nitrogens with one attached hydrogen (secondary N) is 2. The first kappa shape index (κ1) is 22.5. The fourth-order valence-corrected chi connectivity index (χ4v) is 3.14. The molecule has 0 atom stereocenters. The van der Waals surface area contributed by atoms with Crippen molar-refractivity contribution in [1.29, 1.82) is 0 Å². The van der Waals surface area contributed by atoms with E-state index in [-0.39, 0.29) is 18.4 Å². The van der Waals surface area contributed by atoms with Crippen LogP contribution in [-0.4, -0.2) is 35.5 Å². The van der Waals surface area contributed by atoms with Gasteiger partial charge in [0, 0.05) is 29.3 Å². The highest BCUT2D eigenvalue weighted by molar-refractivity contribution is 6.04. The average molecular weight is 454 g/mol. The first-order valence-electron chi connectivity index (χ1n) is 10.5. The molecule has 0 fully saturated rings. The van der Waals surface area contributed by atoms with Crippen LogP contribution in [0.3, 0.4) is 0 Å². The number of hydrogen-bond donors (Lipinski definition) is 2. The summed E-state index contributed by atoms with van der Waals surface area (Å²) < 4.78 is 10.7. The highest BCUT2D eigenvalue weighted by atomic mass is 16.5. The van der Waals surface area contributed by atoms with Crippen molar-refractivity contribution in [3.8, 4) is 22.9 Å². The Kier molecular flexibility index (Phi) is 7.09. The van der Waals surface area contributed by atoms with Crippen molar-refractivity contribution < 1.29 is 19.1 Å². The van der Waals surface area contributed by atoms with Crippen molar-refractivity contribution in [3.05, 3.63) is 96.8 Å². The van der Waals surface area contributed by atoms with E-state index in [1.165, 1.54) is 19.5 Å². The van der Waals surface area contributed by atoms with Crippen molar-refractivity contribution in [2.24, 2.45) is 0 Å². The maximum atomic E-state index is 12.6. The molecule has 0 spiro atoms. The Labute approximate surface area is 196 Å². The summed E-state index contributed by atoms with van der Waals surface area (Å²) >= 11 is 0. The number of para-hydroxylation sites is 2. The summed E-state index contributed by atoms with van der Waals surface area (Å²) in [5.41, 5.74) is 2.22. The van der Waals surface area contributed by atoms with Gasteiger partial charge in [0.05, 0.1) is 12.7 Å². The van der Waals surface area contributed by atoms with Crippen molar-refractivity contribution in [1.82, 2.24) is 9.97 Å². The van der Waals surface area contributed by atoms with Crippen molar-refractivity contribution in [2.75, 3.05) is 24.4 Å². The Hall–Kier alpha value is -4.72. The molecule has 0 aliphatic heterocycles. The summed E-state index contributed by atoms with van der Waals surface area (Å²) in [7, 11) is 1.53. The van der Waals surface area contributed by atoms with Gasteiger partial charge in [-0.25, -0.2) is 9.97 Å². The second-order valence-corrected chi connectivity index (χ2v) is 7.18. The molecule has 0 saturated heterocycles. The van der Waals surface area contributed by atoms with E-state index in [9.17, 15) is 9.59 Å². The Morgan fingerprint density at radius 2 is 1.44 bits per heavy atom. The molecule has 8 heteroatoms. The molecule has 0 bridgehead atoms. The second kappa shape index (κ2) is 10.7.